The Bertz CT molecular complexity index is 734. The maximum atomic E-state index is 12.9. The van der Waals surface area contributed by atoms with E-state index in [0.717, 1.165) is 30.8 Å². The Morgan fingerprint density at radius 1 is 1.36 bits per heavy atom. The van der Waals surface area contributed by atoms with Gasteiger partial charge in [0.2, 0.25) is 5.91 Å². The fourth-order valence-electron chi connectivity index (χ4n) is 4.00. The number of anilines is 1. The number of hydrogen-bond acceptors (Lipinski definition) is 5. The topological polar surface area (TPSA) is 71.1 Å². The Morgan fingerprint density at radius 2 is 2.14 bits per heavy atom. The van der Waals surface area contributed by atoms with Crippen LogP contribution in [0.2, 0.25) is 0 Å². The second-order valence-corrected chi connectivity index (χ2v) is 8.17. The first kappa shape index (κ1) is 20.5. The highest BCUT2D eigenvalue weighted by atomic mass is 16.5. The van der Waals surface area contributed by atoms with Gasteiger partial charge in [0.1, 0.15) is 12.4 Å². The van der Waals surface area contributed by atoms with E-state index in [-0.39, 0.29) is 23.4 Å². The summed E-state index contributed by atoms with van der Waals surface area (Å²) in [6.07, 6.45) is 2.50. The van der Waals surface area contributed by atoms with Gasteiger partial charge in [-0.2, -0.15) is 0 Å². The zero-order chi connectivity index (χ0) is 20.3. The summed E-state index contributed by atoms with van der Waals surface area (Å²) in [5.74, 6) is 0.756. The molecule has 2 heterocycles. The highest BCUT2D eigenvalue weighted by Crippen LogP contribution is 2.35. The normalized spacial score (nSPS) is 20.5. The van der Waals surface area contributed by atoms with Crippen LogP contribution in [0.1, 0.15) is 43.5 Å². The third-order valence-electron chi connectivity index (χ3n) is 5.78. The molecule has 7 nitrogen and oxygen atoms in total. The number of likely N-dealkylation sites (tertiary alicyclic amines) is 1. The van der Waals surface area contributed by atoms with Crippen LogP contribution in [0.3, 0.4) is 0 Å². The summed E-state index contributed by atoms with van der Waals surface area (Å²) in [6.45, 7) is 6.47. The van der Waals surface area contributed by atoms with Crippen molar-refractivity contribution in [1.29, 1.82) is 0 Å². The number of nitrogens with one attached hydrogen (secondary N) is 1. The van der Waals surface area contributed by atoms with Crippen molar-refractivity contribution >= 4 is 17.5 Å². The summed E-state index contributed by atoms with van der Waals surface area (Å²) in [5, 5.41) is 2.83. The molecule has 154 valence electrons. The van der Waals surface area contributed by atoms with E-state index < -0.39 is 0 Å². The van der Waals surface area contributed by atoms with Crippen LogP contribution in [0.4, 0.5) is 5.69 Å². The van der Waals surface area contributed by atoms with Crippen molar-refractivity contribution in [2.24, 2.45) is 0 Å². The highest BCUT2D eigenvalue weighted by molar-refractivity contribution is 5.95. The smallest absolute Gasteiger partial charge is 0.251 e. The largest absolute Gasteiger partial charge is 0.489 e. The highest BCUT2D eigenvalue weighted by Gasteiger charge is 2.37. The van der Waals surface area contributed by atoms with E-state index in [1.54, 1.807) is 13.2 Å². The fourth-order valence-corrected chi connectivity index (χ4v) is 4.00. The predicted molar refractivity (Wildman–Crippen MR) is 108 cm³/mol. The molecular weight excluding hydrogens is 358 g/mol. The van der Waals surface area contributed by atoms with Gasteiger partial charge in [0.05, 0.1) is 24.8 Å². The standard InChI is InChI=1S/C21H31N3O4/c1-21(2)8-5-10-24(21)19(25)13-16-14-28-18-7-6-15(12-17(18)23(16)3)20(26)22-9-11-27-4/h6-7,12,16H,5,8-11,13-14H2,1-4H3,(H,22,26)/t16-/m1/s1. The minimum absolute atomic E-state index is 0.0526. The van der Waals surface area contributed by atoms with Gasteiger partial charge in [0.25, 0.3) is 5.91 Å². The monoisotopic (exact) mass is 389 g/mol. The molecule has 1 saturated heterocycles. The van der Waals surface area contributed by atoms with Crippen molar-refractivity contribution in [2.75, 3.05) is 45.4 Å². The zero-order valence-electron chi connectivity index (χ0n) is 17.3. The van der Waals surface area contributed by atoms with Gasteiger partial charge >= 0.3 is 0 Å². The summed E-state index contributed by atoms with van der Waals surface area (Å²) < 4.78 is 10.9. The van der Waals surface area contributed by atoms with Gasteiger partial charge in [0.15, 0.2) is 0 Å². The molecule has 0 unspecified atom stereocenters. The molecule has 1 aromatic carbocycles. The molecule has 2 amide bonds. The average molecular weight is 389 g/mol. The lowest BCUT2D eigenvalue weighted by Gasteiger charge is -2.38. The number of rotatable bonds is 6. The van der Waals surface area contributed by atoms with Crippen molar-refractivity contribution in [3.05, 3.63) is 23.8 Å². The number of nitrogens with zero attached hydrogens (tertiary/aromatic N) is 2. The maximum absolute atomic E-state index is 12.9. The van der Waals surface area contributed by atoms with Gasteiger partial charge in [-0.15, -0.1) is 0 Å². The number of methoxy groups -OCH3 is 1. The lowest BCUT2D eigenvalue weighted by atomic mass is 10.0. The summed E-state index contributed by atoms with van der Waals surface area (Å²) in [5.41, 5.74) is 1.33. The third kappa shape index (κ3) is 4.24. The molecule has 3 rings (SSSR count). The summed E-state index contributed by atoms with van der Waals surface area (Å²) >= 11 is 0. The van der Waals surface area contributed by atoms with E-state index in [9.17, 15) is 9.59 Å². The molecule has 28 heavy (non-hydrogen) atoms. The van der Waals surface area contributed by atoms with Crippen LogP contribution in [0.25, 0.3) is 0 Å². The summed E-state index contributed by atoms with van der Waals surface area (Å²) in [6, 6.07) is 5.35. The molecule has 0 radical (unpaired) electrons. The molecule has 0 spiro atoms. The number of benzene rings is 1. The van der Waals surface area contributed by atoms with Gasteiger partial charge < -0.3 is 24.6 Å². The second kappa shape index (κ2) is 8.39. The minimum Gasteiger partial charge on any atom is -0.489 e. The van der Waals surface area contributed by atoms with E-state index in [1.807, 2.05) is 24.1 Å². The lowest BCUT2D eigenvalue weighted by molar-refractivity contribution is -0.134. The Labute approximate surface area is 167 Å². The molecule has 0 aromatic heterocycles. The molecule has 0 aliphatic carbocycles. The number of likely N-dealkylation sites (N-methyl/N-ethyl adjacent to an activating group) is 1. The molecule has 2 aliphatic heterocycles. The van der Waals surface area contributed by atoms with Crippen molar-refractivity contribution in [1.82, 2.24) is 10.2 Å². The van der Waals surface area contributed by atoms with Crippen molar-refractivity contribution in [2.45, 2.75) is 44.7 Å². The van der Waals surface area contributed by atoms with Crippen LogP contribution in [0.5, 0.6) is 5.75 Å². The van der Waals surface area contributed by atoms with E-state index >= 15 is 0 Å². The molecule has 1 N–H and O–H groups in total. The van der Waals surface area contributed by atoms with Crippen LogP contribution in [-0.4, -0.2) is 68.8 Å². The summed E-state index contributed by atoms with van der Waals surface area (Å²) in [7, 11) is 3.56. The van der Waals surface area contributed by atoms with Crippen LogP contribution < -0.4 is 15.0 Å². The lowest BCUT2D eigenvalue weighted by Crippen LogP contribution is -2.48. The third-order valence-corrected chi connectivity index (χ3v) is 5.78. The fraction of sp³-hybridized carbons (Fsp3) is 0.619. The maximum Gasteiger partial charge on any atom is 0.251 e. The molecular formula is C21H31N3O4. The van der Waals surface area contributed by atoms with E-state index in [2.05, 4.69) is 24.1 Å². The summed E-state index contributed by atoms with van der Waals surface area (Å²) in [4.78, 5) is 29.3. The first-order valence-corrected chi connectivity index (χ1v) is 9.91. The van der Waals surface area contributed by atoms with Crippen molar-refractivity contribution < 1.29 is 19.1 Å². The molecule has 7 heteroatoms. The molecule has 1 aromatic rings. The van der Waals surface area contributed by atoms with E-state index in [4.69, 9.17) is 9.47 Å². The number of amides is 2. The van der Waals surface area contributed by atoms with Crippen LogP contribution in [0, 0.1) is 0 Å². The first-order chi connectivity index (χ1) is 13.3. The van der Waals surface area contributed by atoms with Crippen LogP contribution >= 0.6 is 0 Å². The van der Waals surface area contributed by atoms with Crippen molar-refractivity contribution in [3.63, 3.8) is 0 Å². The van der Waals surface area contributed by atoms with Crippen LogP contribution in [0.15, 0.2) is 18.2 Å². The number of fused-ring (bicyclic) bond motifs is 1. The van der Waals surface area contributed by atoms with Crippen molar-refractivity contribution in [3.8, 4) is 5.75 Å². The number of ether oxygens (including phenoxy) is 2. The number of hydrogen-bond donors (Lipinski definition) is 1. The van der Waals surface area contributed by atoms with E-state index in [0.29, 0.717) is 31.7 Å². The molecule has 1 atom stereocenters. The Kier molecular flexibility index (Phi) is 6.13. The number of carbonyl (C=O) groups is 2. The molecule has 2 aliphatic rings. The van der Waals surface area contributed by atoms with Gasteiger partial charge in [-0.3, -0.25) is 9.59 Å². The second-order valence-electron chi connectivity index (χ2n) is 8.17. The molecule has 0 bridgehead atoms. The van der Waals surface area contributed by atoms with Gasteiger partial charge in [-0.1, -0.05) is 0 Å². The predicted octanol–water partition coefficient (Wildman–Crippen LogP) is 2.05. The zero-order valence-corrected chi connectivity index (χ0v) is 17.3. The Hall–Kier alpha value is -2.28. The minimum atomic E-state index is -0.148. The van der Waals surface area contributed by atoms with Crippen LogP contribution in [-0.2, 0) is 9.53 Å². The van der Waals surface area contributed by atoms with Gasteiger partial charge in [-0.25, -0.2) is 0 Å². The first-order valence-electron chi connectivity index (χ1n) is 9.91. The Balaban J connectivity index is 1.69. The molecule has 1 fully saturated rings. The Morgan fingerprint density at radius 3 is 2.82 bits per heavy atom. The average Bonchev–Trinajstić information content (AvgIpc) is 3.03. The molecule has 0 saturated carbocycles. The number of carbonyl (C=O) groups excluding carboxylic acids is 2. The van der Waals surface area contributed by atoms with E-state index in [1.165, 1.54) is 0 Å². The van der Waals surface area contributed by atoms with Gasteiger partial charge in [-0.05, 0) is 44.9 Å². The quantitative estimate of drug-likeness (QED) is 0.754. The van der Waals surface area contributed by atoms with Gasteiger partial charge in [0, 0.05) is 38.3 Å². The SMILES string of the molecule is COCCNC(=O)c1ccc2c(c1)N(C)[C@H](CC(=O)N1CCCC1(C)C)CO2.